The summed E-state index contributed by atoms with van der Waals surface area (Å²) in [5.74, 6) is -0.510. The summed E-state index contributed by atoms with van der Waals surface area (Å²) >= 11 is 0. The van der Waals surface area contributed by atoms with Crippen molar-refractivity contribution in [3.63, 3.8) is 0 Å². The van der Waals surface area contributed by atoms with Gasteiger partial charge in [0.15, 0.2) is 13.6 Å². The molecule has 0 bridgehead atoms. The van der Waals surface area contributed by atoms with Crippen LogP contribution in [0.5, 0.6) is 0 Å². The number of esters is 1. The predicted molar refractivity (Wildman–Crippen MR) is 97.5 cm³/mol. The van der Waals surface area contributed by atoms with Gasteiger partial charge in [0, 0.05) is 12.0 Å². The molecule has 156 valence electrons. The Morgan fingerprint density at radius 3 is 2.71 bits per heavy atom. The lowest BCUT2D eigenvalue weighted by Crippen LogP contribution is -2.33. The Morgan fingerprint density at radius 2 is 2.07 bits per heavy atom. The van der Waals surface area contributed by atoms with Crippen LogP contribution >= 0.6 is 7.95 Å². The van der Waals surface area contributed by atoms with E-state index in [1.165, 1.54) is 24.0 Å². The molecule has 1 unspecified atom stereocenters. The van der Waals surface area contributed by atoms with E-state index in [9.17, 15) is 18.1 Å². The van der Waals surface area contributed by atoms with Gasteiger partial charge in [0.25, 0.3) is 6.43 Å². The Balaban J connectivity index is 1.95. The number of nitrogen functional groups attached to an aromatic ring is 1. The van der Waals surface area contributed by atoms with Gasteiger partial charge in [-0.25, -0.2) is 18.7 Å². The molecule has 28 heavy (non-hydrogen) atoms. The first kappa shape index (κ1) is 22.1. The minimum absolute atomic E-state index is 0.0716. The summed E-state index contributed by atoms with van der Waals surface area (Å²) in [4.78, 5) is 19.4. The van der Waals surface area contributed by atoms with Crippen LogP contribution in [0.25, 0.3) is 5.65 Å². The van der Waals surface area contributed by atoms with E-state index in [2.05, 4.69) is 20.2 Å². The predicted octanol–water partition coefficient (Wildman–Crippen LogP) is 1.26. The summed E-state index contributed by atoms with van der Waals surface area (Å²) < 4.78 is 50.1. The Hall–Kier alpha value is -2.17. The molecular formula is C15H23F2N6O4P. The summed E-state index contributed by atoms with van der Waals surface area (Å²) in [5, 5.41) is 6.48. The van der Waals surface area contributed by atoms with Gasteiger partial charge in [-0.1, -0.05) is 0 Å². The molecule has 3 N–H and O–H groups in total. The van der Waals surface area contributed by atoms with Gasteiger partial charge in [0.05, 0.1) is 12.3 Å². The third-order valence-electron chi connectivity index (χ3n) is 3.62. The van der Waals surface area contributed by atoms with Gasteiger partial charge >= 0.3 is 5.97 Å². The van der Waals surface area contributed by atoms with Crippen molar-refractivity contribution in [2.75, 3.05) is 12.1 Å². The Kier molecular flexibility index (Phi) is 7.78. The molecule has 0 fully saturated rings. The van der Waals surface area contributed by atoms with E-state index in [1.54, 1.807) is 13.8 Å². The fourth-order valence-electron chi connectivity index (χ4n) is 2.32. The number of carbonyl (C=O) groups is 1. The van der Waals surface area contributed by atoms with Gasteiger partial charge in [-0.05, 0) is 20.8 Å². The van der Waals surface area contributed by atoms with Crippen LogP contribution in [-0.4, -0.2) is 56.6 Å². The summed E-state index contributed by atoms with van der Waals surface area (Å²) in [6.07, 6.45) is -2.79. The Morgan fingerprint density at radius 1 is 1.36 bits per heavy atom. The molecule has 0 spiro atoms. The highest BCUT2D eigenvalue weighted by Gasteiger charge is 2.25. The van der Waals surface area contributed by atoms with Crippen LogP contribution in [0.3, 0.4) is 0 Å². The molecule has 0 aliphatic heterocycles. The average molecular weight is 420 g/mol. The topological polar surface area (TPSA) is 134 Å². The quantitative estimate of drug-likeness (QED) is 0.430. The molecule has 0 saturated carbocycles. The highest BCUT2D eigenvalue weighted by Crippen LogP contribution is 2.22. The summed E-state index contributed by atoms with van der Waals surface area (Å²) in [7, 11) is -2.65. The Labute approximate surface area is 160 Å². The van der Waals surface area contributed by atoms with E-state index in [0.29, 0.717) is 5.56 Å². The SMILES string of the molecule is CC(C)OC(=O)[C@H](C)N[PH](=O)CO[C@@H](Cc1cnn2c(N)ncnc12)C(F)F. The fraction of sp³-hybridized carbons (Fsp3) is 0.600. The smallest absolute Gasteiger partial charge is 0.323 e. The summed E-state index contributed by atoms with van der Waals surface area (Å²) in [6.45, 7) is 4.84. The van der Waals surface area contributed by atoms with Gasteiger partial charge in [-0.2, -0.15) is 9.61 Å². The number of hydrogen-bond donors (Lipinski definition) is 2. The maximum absolute atomic E-state index is 13.4. The molecule has 0 aliphatic carbocycles. The van der Waals surface area contributed by atoms with Crippen molar-refractivity contribution in [2.24, 2.45) is 0 Å². The molecule has 0 amide bonds. The molecule has 2 aromatic rings. The number of hydrogen-bond acceptors (Lipinski definition) is 8. The second-order valence-corrected chi connectivity index (χ2v) is 7.72. The second-order valence-electron chi connectivity index (χ2n) is 6.30. The zero-order chi connectivity index (χ0) is 20.8. The lowest BCUT2D eigenvalue weighted by atomic mass is 10.1. The molecular weight excluding hydrogens is 397 g/mol. The van der Waals surface area contributed by atoms with Crippen molar-refractivity contribution in [1.29, 1.82) is 0 Å². The Bertz CT molecular complexity index is 834. The van der Waals surface area contributed by atoms with Crippen LogP contribution in [0.15, 0.2) is 12.5 Å². The zero-order valence-corrected chi connectivity index (χ0v) is 16.6. The van der Waals surface area contributed by atoms with E-state index in [-0.39, 0.29) is 24.1 Å². The van der Waals surface area contributed by atoms with E-state index in [0.717, 1.165) is 0 Å². The standard InChI is InChI=1S/C15H23F2N6O4P/c1-8(2)27-14(24)9(3)22-28(25)7-26-11(12(16)17)4-10-5-21-23-13(10)19-6-20-15(23)18/h5-6,8-9,11-12,28H,4,7H2,1-3H3,(H,22,25)(H2,18,19,20)/t9-,11-/m0/s1. The average Bonchev–Trinajstić information content (AvgIpc) is 3.02. The molecule has 0 saturated heterocycles. The molecule has 3 atom stereocenters. The number of nitrogens with two attached hydrogens (primary N) is 1. The molecule has 2 aromatic heterocycles. The molecule has 0 aromatic carbocycles. The first-order chi connectivity index (χ1) is 13.2. The maximum Gasteiger partial charge on any atom is 0.323 e. The number of alkyl halides is 2. The lowest BCUT2D eigenvalue weighted by Gasteiger charge is -2.18. The lowest BCUT2D eigenvalue weighted by molar-refractivity contribution is -0.148. The zero-order valence-electron chi connectivity index (χ0n) is 15.6. The van der Waals surface area contributed by atoms with Crippen LogP contribution < -0.4 is 10.8 Å². The number of halogens is 2. The van der Waals surface area contributed by atoms with Crippen molar-refractivity contribution < 1.29 is 27.6 Å². The second kappa shape index (κ2) is 9.85. The largest absolute Gasteiger partial charge is 0.462 e. The number of fused-ring (bicyclic) bond motifs is 1. The first-order valence-electron chi connectivity index (χ1n) is 8.51. The maximum atomic E-state index is 13.4. The number of nitrogens with zero attached hydrogens (tertiary/aromatic N) is 4. The summed E-state index contributed by atoms with van der Waals surface area (Å²) in [5.41, 5.74) is 6.33. The monoisotopic (exact) mass is 420 g/mol. The molecule has 10 nitrogen and oxygen atoms in total. The molecule has 0 aliphatic rings. The minimum atomic E-state index is -2.83. The highest BCUT2D eigenvalue weighted by atomic mass is 31.1. The summed E-state index contributed by atoms with van der Waals surface area (Å²) in [6, 6.07) is -0.846. The number of rotatable bonds is 10. The molecule has 13 heteroatoms. The van der Waals surface area contributed by atoms with Gasteiger partial charge in [0.1, 0.15) is 24.8 Å². The number of carbonyl (C=O) groups excluding carboxylic acids is 1. The van der Waals surface area contributed by atoms with E-state index in [4.69, 9.17) is 15.2 Å². The molecule has 2 heterocycles. The number of nitrogens with one attached hydrogen (secondary N) is 1. The van der Waals surface area contributed by atoms with Crippen molar-refractivity contribution in [1.82, 2.24) is 24.7 Å². The first-order valence-corrected chi connectivity index (χ1v) is 10.1. The number of aromatic nitrogens is 4. The van der Waals surface area contributed by atoms with Crippen LogP contribution in [0.4, 0.5) is 14.7 Å². The molecule has 2 rings (SSSR count). The molecule has 0 radical (unpaired) electrons. The van der Waals surface area contributed by atoms with Gasteiger partial charge in [-0.3, -0.25) is 9.88 Å². The van der Waals surface area contributed by atoms with Gasteiger partial charge < -0.3 is 19.8 Å². The van der Waals surface area contributed by atoms with Crippen molar-refractivity contribution in [2.45, 2.75) is 51.9 Å². The van der Waals surface area contributed by atoms with Crippen molar-refractivity contribution in [3.05, 3.63) is 18.1 Å². The van der Waals surface area contributed by atoms with E-state index >= 15 is 0 Å². The third kappa shape index (κ3) is 5.91. The van der Waals surface area contributed by atoms with Gasteiger partial charge in [-0.15, -0.1) is 0 Å². The number of anilines is 1. The van der Waals surface area contributed by atoms with Crippen LogP contribution in [-0.2, 0) is 25.3 Å². The third-order valence-corrected chi connectivity index (χ3v) is 4.80. The van der Waals surface area contributed by atoms with Crippen LogP contribution in [0, 0.1) is 0 Å². The van der Waals surface area contributed by atoms with Crippen molar-refractivity contribution >= 4 is 25.5 Å². The number of ether oxygens (including phenoxy) is 2. The van der Waals surface area contributed by atoms with E-state index < -0.39 is 38.8 Å². The van der Waals surface area contributed by atoms with E-state index in [1.807, 2.05) is 0 Å². The highest BCUT2D eigenvalue weighted by molar-refractivity contribution is 7.42. The van der Waals surface area contributed by atoms with Crippen molar-refractivity contribution in [3.8, 4) is 0 Å². The van der Waals surface area contributed by atoms with Crippen LogP contribution in [0.1, 0.15) is 26.3 Å². The van der Waals surface area contributed by atoms with Gasteiger partial charge in [0.2, 0.25) is 5.95 Å². The normalized spacial score (nSPS) is 15.1. The fourth-order valence-corrected chi connectivity index (χ4v) is 3.37. The van der Waals surface area contributed by atoms with Crippen LogP contribution in [0.2, 0.25) is 0 Å². The minimum Gasteiger partial charge on any atom is -0.462 e.